The van der Waals surface area contributed by atoms with Crippen molar-refractivity contribution in [1.29, 1.82) is 0 Å². The lowest BCUT2D eigenvalue weighted by atomic mass is 10.2. The molecule has 3 rings (SSSR count). The molecular formula is C15H10ClFN2OS. The molecule has 3 nitrogen and oxygen atoms in total. The number of hydrogen-bond acceptors (Lipinski definition) is 2. The molecule has 0 N–H and O–H groups in total. The van der Waals surface area contributed by atoms with Crippen LogP contribution >= 0.6 is 22.9 Å². The lowest BCUT2D eigenvalue weighted by Gasteiger charge is -1.98. The van der Waals surface area contributed by atoms with Gasteiger partial charge in [-0.25, -0.2) is 4.39 Å². The Balaban J connectivity index is 2.17. The Morgan fingerprint density at radius 2 is 2.00 bits per heavy atom. The van der Waals surface area contributed by atoms with Crippen molar-refractivity contribution in [3.63, 3.8) is 0 Å². The number of carbonyl (C=O) groups excluding carboxylic acids is 1. The molecule has 0 bridgehead atoms. The lowest BCUT2D eigenvalue weighted by molar-refractivity contribution is 0.0998. The number of thiazole rings is 1. The van der Waals surface area contributed by atoms with Crippen molar-refractivity contribution in [1.82, 2.24) is 4.57 Å². The van der Waals surface area contributed by atoms with E-state index in [1.165, 1.54) is 17.4 Å². The maximum absolute atomic E-state index is 13.8. The van der Waals surface area contributed by atoms with Gasteiger partial charge in [-0.05, 0) is 24.3 Å². The second kappa shape index (κ2) is 5.42. The molecule has 0 radical (unpaired) electrons. The van der Waals surface area contributed by atoms with Crippen LogP contribution in [0.1, 0.15) is 10.4 Å². The molecule has 0 atom stereocenters. The number of aromatic nitrogens is 1. The quantitative estimate of drug-likeness (QED) is 0.672. The molecule has 0 unspecified atom stereocenters. The molecule has 3 aromatic rings. The van der Waals surface area contributed by atoms with Crippen molar-refractivity contribution in [2.75, 3.05) is 0 Å². The Morgan fingerprint density at radius 3 is 2.71 bits per heavy atom. The van der Waals surface area contributed by atoms with Crippen LogP contribution in [0, 0.1) is 5.82 Å². The highest BCUT2D eigenvalue weighted by molar-refractivity contribution is 7.16. The van der Waals surface area contributed by atoms with E-state index in [1.807, 2.05) is 0 Å². The summed E-state index contributed by atoms with van der Waals surface area (Å²) in [5, 5.41) is 0.348. The topological polar surface area (TPSA) is 34.4 Å². The van der Waals surface area contributed by atoms with Crippen molar-refractivity contribution in [2.24, 2.45) is 12.0 Å². The standard InChI is InChI=1S/C15H10ClFN2OS/c1-19-13-11(17)7-4-8-12(13)21-15(19)18-14(20)9-5-2-3-6-10(9)16/h2-8H,1H3. The summed E-state index contributed by atoms with van der Waals surface area (Å²) in [6.45, 7) is 0. The van der Waals surface area contributed by atoms with Gasteiger partial charge >= 0.3 is 0 Å². The van der Waals surface area contributed by atoms with Crippen molar-refractivity contribution in [3.05, 3.63) is 63.7 Å². The maximum Gasteiger partial charge on any atom is 0.281 e. The van der Waals surface area contributed by atoms with Gasteiger partial charge in [0.1, 0.15) is 5.82 Å². The second-order valence-corrected chi connectivity index (χ2v) is 5.84. The minimum absolute atomic E-state index is 0.331. The predicted molar refractivity (Wildman–Crippen MR) is 82.1 cm³/mol. The number of amides is 1. The predicted octanol–water partition coefficient (Wildman–Crippen LogP) is 3.77. The fourth-order valence-electron chi connectivity index (χ4n) is 2.05. The number of para-hydroxylation sites is 1. The Hall–Kier alpha value is -1.98. The molecule has 0 saturated carbocycles. The normalized spacial score (nSPS) is 12.0. The summed E-state index contributed by atoms with van der Waals surface area (Å²) in [4.78, 5) is 16.7. The first kappa shape index (κ1) is 14.0. The SMILES string of the molecule is Cn1c(=NC(=O)c2ccccc2Cl)sc2cccc(F)c21. The molecule has 0 aliphatic rings. The van der Waals surface area contributed by atoms with E-state index in [-0.39, 0.29) is 5.82 Å². The van der Waals surface area contributed by atoms with Gasteiger partial charge in [-0.2, -0.15) is 4.99 Å². The zero-order valence-electron chi connectivity index (χ0n) is 11.0. The average molecular weight is 321 g/mol. The Morgan fingerprint density at radius 1 is 1.24 bits per heavy atom. The number of rotatable bonds is 1. The van der Waals surface area contributed by atoms with Crippen molar-refractivity contribution in [2.45, 2.75) is 0 Å². The molecule has 6 heteroatoms. The molecule has 106 valence electrons. The Bertz CT molecular complexity index is 913. The van der Waals surface area contributed by atoms with Crippen LogP contribution < -0.4 is 4.80 Å². The van der Waals surface area contributed by atoms with Gasteiger partial charge in [-0.3, -0.25) is 4.79 Å². The van der Waals surface area contributed by atoms with Crippen LogP contribution in [-0.2, 0) is 7.05 Å². The number of fused-ring (bicyclic) bond motifs is 1. The summed E-state index contributed by atoms with van der Waals surface area (Å²) in [6.07, 6.45) is 0. The fourth-order valence-corrected chi connectivity index (χ4v) is 3.29. The number of nitrogens with zero attached hydrogens (tertiary/aromatic N) is 2. The highest BCUT2D eigenvalue weighted by Gasteiger charge is 2.11. The molecule has 21 heavy (non-hydrogen) atoms. The monoisotopic (exact) mass is 320 g/mol. The van der Waals surface area contributed by atoms with Crippen molar-refractivity contribution < 1.29 is 9.18 Å². The summed E-state index contributed by atoms with van der Waals surface area (Å²) in [6, 6.07) is 11.5. The van der Waals surface area contributed by atoms with Crippen LogP contribution in [0.2, 0.25) is 5.02 Å². The minimum Gasteiger partial charge on any atom is -0.317 e. The zero-order chi connectivity index (χ0) is 15.0. The number of aryl methyl sites for hydroxylation is 1. The summed E-state index contributed by atoms with van der Waals surface area (Å²) in [5.74, 6) is -0.777. The van der Waals surface area contributed by atoms with E-state index in [0.29, 0.717) is 20.9 Å². The minimum atomic E-state index is -0.442. The Labute approximate surface area is 128 Å². The van der Waals surface area contributed by atoms with Crippen LogP contribution in [0.25, 0.3) is 10.2 Å². The van der Waals surface area contributed by atoms with E-state index in [2.05, 4.69) is 4.99 Å². The van der Waals surface area contributed by atoms with Gasteiger partial charge in [0, 0.05) is 7.05 Å². The molecule has 1 heterocycles. The van der Waals surface area contributed by atoms with Crippen LogP contribution in [-0.4, -0.2) is 10.5 Å². The highest BCUT2D eigenvalue weighted by atomic mass is 35.5. The third-order valence-corrected chi connectivity index (χ3v) is 4.50. The molecule has 0 aliphatic carbocycles. The first-order valence-corrected chi connectivity index (χ1v) is 7.35. The molecular weight excluding hydrogens is 311 g/mol. The summed E-state index contributed by atoms with van der Waals surface area (Å²) < 4.78 is 16.1. The first-order valence-electron chi connectivity index (χ1n) is 6.15. The highest BCUT2D eigenvalue weighted by Crippen LogP contribution is 2.20. The molecule has 1 aromatic heterocycles. The van der Waals surface area contributed by atoms with Gasteiger partial charge in [-0.15, -0.1) is 0 Å². The van der Waals surface area contributed by atoms with E-state index in [9.17, 15) is 9.18 Å². The van der Waals surface area contributed by atoms with E-state index in [1.54, 1.807) is 48.0 Å². The van der Waals surface area contributed by atoms with Gasteiger partial charge in [0.25, 0.3) is 5.91 Å². The third kappa shape index (κ3) is 2.50. The van der Waals surface area contributed by atoms with Crippen LogP contribution in [0.15, 0.2) is 47.5 Å². The molecule has 2 aromatic carbocycles. The van der Waals surface area contributed by atoms with Crippen LogP contribution in [0.5, 0.6) is 0 Å². The molecule has 0 saturated heterocycles. The fraction of sp³-hybridized carbons (Fsp3) is 0.0667. The van der Waals surface area contributed by atoms with Crippen molar-refractivity contribution >= 4 is 39.1 Å². The molecule has 0 spiro atoms. The average Bonchev–Trinajstić information content (AvgIpc) is 2.77. The van der Waals surface area contributed by atoms with Gasteiger partial charge in [0.2, 0.25) is 0 Å². The van der Waals surface area contributed by atoms with E-state index in [0.717, 1.165) is 4.70 Å². The van der Waals surface area contributed by atoms with E-state index < -0.39 is 5.91 Å². The maximum atomic E-state index is 13.8. The van der Waals surface area contributed by atoms with Gasteiger partial charge in [0.15, 0.2) is 4.80 Å². The molecule has 1 amide bonds. The number of hydrogen-bond donors (Lipinski definition) is 0. The first-order chi connectivity index (χ1) is 10.1. The number of carbonyl (C=O) groups is 1. The number of halogens is 2. The van der Waals surface area contributed by atoms with Gasteiger partial charge in [0.05, 0.1) is 20.8 Å². The largest absolute Gasteiger partial charge is 0.317 e. The summed E-state index contributed by atoms with van der Waals surface area (Å²) >= 11 is 7.24. The van der Waals surface area contributed by atoms with E-state index in [4.69, 9.17) is 11.6 Å². The van der Waals surface area contributed by atoms with Gasteiger partial charge < -0.3 is 4.57 Å². The third-order valence-electron chi connectivity index (χ3n) is 3.07. The Kier molecular flexibility index (Phi) is 3.61. The van der Waals surface area contributed by atoms with Crippen molar-refractivity contribution in [3.8, 4) is 0 Å². The lowest BCUT2D eigenvalue weighted by Crippen LogP contribution is -2.13. The zero-order valence-corrected chi connectivity index (χ0v) is 12.6. The number of benzene rings is 2. The summed E-state index contributed by atoms with van der Waals surface area (Å²) in [7, 11) is 1.68. The molecule has 0 fully saturated rings. The molecule has 0 aliphatic heterocycles. The second-order valence-electron chi connectivity index (χ2n) is 4.43. The van der Waals surface area contributed by atoms with E-state index >= 15 is 0 Å². The smallest absolute Gasteiger partial charge is 0.281 e. The van der Waals surface area contributed by atoms with Crippen LogP contribution in [0.3, 0.4) is 0 Å². The van der Waals surface area contributed by atoms with Gasteiger partial charge in [-0.1, -0.05) is 41.1 Å². The van der Waals surface area contributed by atoms with Crippen LogP contribution in [0.4, 0.5) is 4.39 Å². The summed E-state index contributed by atoms with van der Waals surface area (Å²) in [5.41, 5.74) is 0.769.